The third-order valence-electron chi connectivity index (χ3n) is 4.84. The Morgan fingerprint density at radius 1 is 0.424 bits per heavy atom. The summed E-state index contributed by atoms with van der Waals surface area (Å²) in [4.78, 5) is 106. The van der Waals surface area contributed by atoms with E-state index in [1.807, 2.05) is 0 Å². The molecule has 180 valence electrons. The molecule has 0 unspecified atom stereocenters. The number of hydrogen-bond donors (Lipinski definition) is 10. The van der Waals surface area contributed by atoms with Crippen molar-refractivity contribution in [2.45, 2.75) is 22.2 Å². The van der Waals surface area contributed by atoms with Gasteiger partial charge in [-0.05, 0) is 0 Å². The summed E-state index contributed by atoms with van der Waals surface area (Å²) in [6.45, 7) is 0. The Kier molecular flexibility index (Phi) is 5.75. The van der Waals surface area contributed by atoms with E-state index < -0.39 is 80.9 Å². The molecule has 1 fully saturated rings. The molecule has 1 rings (SSSR count). The average molecular weight is 482 g/mol. The summed E-state index contributed by atoms with van der Waals surface area (Å²) in [6.07, 6.45) is -3.34. The standard InChI is InChI=1S/C13H10N2O18/c16-1(17)10(2(18)19)12(5(24)25,6(26)27)15(9(32)33)13(7(28)29,8(30)31)11(14-10,3(20)21)4(22)23/h14H,(H,16,17)(H,18,19)(H,20,21)(H,22,23)(H,24,25)(H,26,27)(H,28,29)(H,30,31)(H,32,33). The maximum atomic E-state index is 12.0. The largest absolute Gasteiger partial charge is 0.479 e. The van der Waals surface area contributed by atoms with Crippen molar-refractivity contribution < 1.29 is 89.1 Å². The second-order valence-corrected chi connectivity index (χ2v) is 6.11. The van der Waals surface area contributed by atoms with Gasteiger partial charge in [-0.3, -0.25) is 5.32 Å². The number of rotatable bonds is 8. The average Bonchev–Trinajstić information content (AvgIpc) is 2.63. The number of carboxylic acids is 8. The maximum Gasteiger partial charge on any atom is 0.410 e. The minimum Gasteiger partial charge on any atom is -0.479 e. The fourth-order valence-electron chi connectivity index (χ4n) is 3.56. The molecule has 1 amide bonds. The highest BCUT2D eigenvalue weighted by Gasteiger charge is 2.93. The van der Waals surface area contributed by atoms with Crippen molar-refractivity contribution in [3.05, 3.63) is 0 Å². The van der Waals surface area contributed by atoms with Crippen LogP contribution in [0.1, 0.15) is 0 Å². The zero-order valence-electron chi connectivity index (χ0n) is 15.1. The molecule has 0 aromatic heterocycles. The third kappa shape index (κ3) is 2.45. The smallest absolute Gasteiger partial charge is 0.410 e. The fraction of sp³-hybridized carbons (Fsp3) is 0.308. The molecule has 0 atom stereocenters. The van der Waals surface area contributed by atoms with Gasteiger partial charge in [-0.2, -0.15) is 0 Å². The lowest BCUT2D eigenvalue weighted by molar-refractivity contribution is -0.226. The van der Waals surface area contributed by atoms with Crippen LogP contribution >= 0.6 is 0 Å². The van der Waals surface area contributed by atoms with Crippen LogP contribution < -0.4 is 5.32 Å². The highest BCUT2D eigenvalue weighted by Crippen LogP contribution is 2.48. The van der Waals surface area contributed by atoms with E-state index in [-0.39, 0.29) is 0 Å². The Morgan fingerprint density at radius 3 is 0.758 bits per heavy atom. The molecule has 0 aromatic carbocycles. The number of amides is 1. The topological polar surface area (TPSA) is 351 Å². The lowest BCUT2D eigenvalue weighted by atomic mass is 9.61. The molecule has 1 aliphatic heterocycles. The normalized spacial score (nSPS) is 19.5. The summed E-state index contributed by atoms with van der Waals surface area (Å²) in [5.74, 6) is -26.4. The first-order valence-electron chi connectivity index (χ1n) is 7.52. The quantitative estimate of drug-likeness (QED) is 0.145. The van der Waals surface area contributed by atoms with Crippen molar-refractivity contribution in [1.82, 2.24) is 10.2 Å². The predicted molar refractivity (Wildman–Crippen MR) is 85.0 cm³/mol. The van der Waals surface area contributed by atoms with Crippen LogP contribution in [0, 0.1) is 0 Å². The van der Waals surface area contributed by atoms with Crippen molar-refractivity contribution in [2.75, 3.05) is 0 Å². The van der Waals surface area contributed by atoms with Gasteiger partial charge in [0.15, 0.2) is 0 Å². The number of piperazine rings is 1. The van der Waals surface area contributed by atoms with Gasteiger partial charge < -0.3 is 46.0 Å². The van der Waals surface area contributed by atoms with E-state index >= 15 is 0 Å². The summed E-state index contributed by atoms with van der Waals surface area (Å²) in [7, 11) is 0. The van der Waals surface area contributed by atoms with Gasteiger partial charge in [-0.1, -0.05) is 0 Å². The monoisotopic (exact) mass is 482 g/mol. The zero-order chi connectivity index (χ0) is 26.5. The van der Waals surface area contributed by atoms with Crippen LogP contribution in [0.15, 0.2) is 0 Å². The Morgan fingerprint density at radius 2 is 0.636 bits per heavy atom. The van der Waals surface area contributed by atoms with E-state index in [1.165, 1.54) is 0 Å². The number of nitrogens with one attached hydrogen (secondary N) is 1. The van der Waals surface area contributed by atoms with E-state index in [1.54, 1.807) is 0 Å². The summed E-state index contributed by atoms with van der Waals surface area (Å²) in [5.41, 5.74) is -20.6. The molecule has 0 aromatic rings. The molecule has 0 radical (unpaired) electrons. The van der Waals surface area contributed by atoms with Crippen molar-refractivity contribution >= 4 is 53.8 Å². The number of carbonyl (C=O) groups is 9. The van der Waals surface area contributed by atoms with Gasteiger partial charge in [0.2, 0.25) is 0 Å². The molecule has 10 N–H and O–H groups in total. The zero-order valence-corrected chi connectivity index (χ0v) is 15.1. The van der Waals surface area contributed by atoms with Crippen LogP contribution in [0.2, 0.25) is 0 Å². The first-order valence-corrected chi connectivity index (χ1v) is 7.52. The molecule has 20 heteroatoms. The molecule has 1 heterocycles. The van der Waals surface area contributed by atoms with Gasteiger partial charge in [0.1, 0.15) is 0 Å². The van der Waals surface area contributed by atoms with Gasteiger partial charge >= 0.3 is 53.8 Å². The lowest BCUT2D eigenvalue weighted by Crippen LogP contribution is -3.00. The number of carboxylic acid groups (broad SMARTS) is 9. The molecule has 20 nitrogen and oxygen atoms in total. The van der Waals surface area contributed by atoms with Crippen LogP contribution in [0.4, 0.5) is 4.79 Å². The third-order valence-corrected chi connectivity index (χ3v) is 4.84. The number of nitrogens with zero attached hydrogens (tertiary/aromatic N) is 1. The van der Waals surface area contributed by atoms with Crippen molar-refractivity contribution in [2.24, 2.45) is 0 Å². The Labute approximate surface area is 176 Å². The molecule has 0 saturated carbocycles. The van der Waals surface area contributed by atoms with E-state index in [0.29, 0.717) is 5.32 Å². The highest BCUT2D eigenvalue weighted by molar-refractivity contribution is 6.29. The van der Waals surface area contributed by atoms with Crippen LogP contribution in [0.3, 0.4) is 0 Å². The molecular formula is C13H10N2O18. The van der Waals surface area contributed by atoms with E-state index in [0.717, 1.165) is 0 Å². The Bertz CT molecular complexity index is 910. The van der Waals surface area contributed by atoms with Gasteiger partial charge in [-0.15, -0.1) is 0 Å². The van der Waals surface area contributed by atoms with Gasteiger partial charge in [0.25, 0.3) is 22.2 Å². The maximum absolute atomic E-state index is 12.0. The molecular weight excluding hydrogens is 472 g/mol. The molecule has 1 aliphatic rings. The Hall–Kier alpha value is -5.01. The predicted octanol–water partition coefficient (Wildman–Crippen LogP) is -4.80. The summed E-state index contributed by atoms with van der Waals surface area (Å²) >= 11 is 0. The summed E-state index contributed by atoms with van der Waals surface area (Å²) in [5, 5.41) is 86.0. The van der Waals surface area contributed by atoms with Crippen LogP contribution in [-0.2, 0) is 38.4 Å². The molecule has 0 spiro atoms. The lowest BCUT2D eigenvalue weighted by Gasteiger charge is -2.58. The van der Waals surface area contributed by atoms with E-state index in [4.69, 9.17) is 0 Å². The molecule has 1 saturated heterocycles. The summed E-state index contributed by atoms with van der Waals surface area (Å²) < 4.78 is 0. The number of aliphatic carboxylic acids is 8. The van der Waals surface area contributed by atoms with E-state index in [2.05, 4.69) is 0 Å². The minimum atomic E-state index is -5.23. The minimum absolute atomic E-state index is 0.544. The fourth-order valence-corrected chi connectivity index (χ4v) is 3.56. The first kappa shape index (κ1) is 26.0. The molecule has 0 aliphatic carbocycles. The van der Waals surface area contributed by atoms with Crippen molar-refractivity contribution in [1.29, 1.82) is 0 Å². The first-order chi connectivity index (χ1) is 14.8. The molecule has 0 bridgehead atoms. The van der Waals surface area contributed by atoms with Gasteiger partial charge in [-0.25, -0.2) is 48.1 Å². The van der Waals surface area contributed by atoms with E-state index in [9.17, 15) is 89.1 Å². The van der Waals surface area contributed by atoms with Crippen molar-refractivity contribution in [3.8, 4) is 0 Å². The van der Waals surface area contributed by atoms with Crippen LogP contribution in [0.25, 0.3) is 0 Å². The van der Waals surface area contributed by atoms with Gasteiger partial charge in [0, 0.05) is 0 Å². The Balaban J connectivity index is 4.89. The van der Waals surface area contributed by atoms with Crippen LogP contribution in [0.5, 0.6) is 0 Å². The SMILES string of the molecule is O=C(O)N1C(C(=O)O)(C(=O)O)C(C(=O)O)(C(=O)O)NC(C(=O)O)(C(=O)O)C1(C(=O)O)C(=O)O. The second-order valence-electron chi connectivity index (χ2n) is 6.11. The second kappa shape index (κ2) is 7.30. The van der Waals surface area contributed by atoms with Crippen LogP contribution in [-0.4, -0.2) is 127 Å². The highest BCUT2D eigenvalue weighted by atomic mass is 16.5. The summed E-state index contributed by atoms with van der Waals surface area (Å²) in [6, 6.07) is 0. The number of hydrogen-bond acceptors (Lipinski definition) is 10. The molecule has 33 heavy (non-hydrogen) atoms. The van der Waals surface area contributed by atoms with Gasteiger partial charge in [0.05, 0.1) is 0 Å². The van der Waals surface area contributed by atoms with Crippen molar-refractivity contribution in [3.63, 3.8) is 0 Å².